The van der Waals surface area contributed by atoms with Crippen LogP contribution in [0.4, 0.5) is 17.6 Å². The highest BCUT2D eigenvalue weighted by molar-refractivity contribution is 5.44. The molecule has 2 bridgehead atoms. The van der Waals surface area contributed by atoms with Gasteiger partial charge in [0.25, 0.3) is 5.92 Å². The molecule has 36 heavy (non-hydrogen) atoms. The Balaban J connectivity index is 1.24. The maximum Gasteiger partial charge on any atom is 0.287 e. The van der Waals surface area contributed by atoms with E-state index in [1.807, 2.05) is 31.3 Å². The summed E-state index contributed by atoms with van der Waals surface area (Å²) in [5.41, 5.74) is -4.68. The Morgan fingerprint density at radius 3 is 2.36 bits per heavy atom. The first-order chi connectivity index (χ1) is 17.1. The molecule has 7 rings (SSSR count). The van der Waals surface area contributed by atoms with E-state index in [2.05, 4.69) is 20.4 Å². The van der Waals surface area contributed by atoms with E-state index in [9.17, 15) is 13.9 Å². The number of rotatable bonds is 8. The number of alkyl halides is 2. The zero-order chi connectivity index (χ0) is 25.3. The van der Waals surface area contributed by atoms with E-state index in [1.54, 1.807) is 0 Å². The first-order valence-electron chi connectivity index (χ1n) is 11.8. The van der Waals surface area contributed by atoms with Crippen LogP contribution >= 0.6 is 0 Å². The van der Waals surface area contributed by atoms with E-state index in [0.717, 1.165) is 47.5 Å². The van der Waals surface area contributed by atoms with E-state index < -0.39 is 46.1 Å². The van der Waals surface area contributed by atoms with Gasteiger partial charge in [0.1, 0.15) is 29.8 Å². The third-order valence-corrected chi connectivity index (χ3v) is 8.17. The van der Waals surface area contributed by atoms with Crippen molar-refractivity contribution in [3.63, 3.8) is 0 Å². The Bertz CT molecular complexity index is 1260. The second-order valence-corrected chi connectivity index (χ2v) is 10.6. The van der Waals surface area contributed by atoms with Crippen LogP contribution in [-0.2, 0) is 17.6 Å². The minimum absolute atomic E-state index is 0.140. The number of halogens is 4. The summed E-state index contributed by atoms with van der Waals surface area (Å²) in [6.45, 7) is 0.948. The van der Waals surface area contributed by atoms with Crippen molar-refractivity contribution >= 4 is 0 Å². The van der Waals surface area contributed by atoms with Crippen LogP contribution < -0.4 is 4.74 Å². The lowest BCUT2D eigenvalue weighted by Crippen LogP contribution is -2.76. The average molecular weight is 504 g/mol. The maximum absolute atomic E-state index is 16.3. The molecular formula is C25H25F4N5O2. The van der Waals surface area contributed by atoms with Gasteiger partial charge in [-0.05, 0) is 72.0 Å². The summed E-state index contributed by atoms with van der Waals surface area (Å²) in [4.78, 5) is 2.15. The van der Waals surface area contributed by atoms with Crippen LogP contribution in [0.25, 0.3) is 0 Å². The Kier molecular flexibility index (Phi) is 5.01. The molecule has 3 aliphatic carbocycles. The van der Waals surface area contributed by atoms with Crippen LogP contribution in [0, 0.1) is 17.0 Å². The van der Waals surface area contributed by atoms with E-state index in [-0.39, 0.29) is 25.4 Å². The van der Waals surface area contributed by atoms with Crippen molar-refractivity contribution in [2.45, 2.75) is 48.8 Å². The first kappa shape index (κ1) is 23.4. The summed E-state index contributed by atoms with van der Waals surface area (Å²) in [6, 6.07) is 9.75. The van der Waals surface area contributed by atoms with Crippen molar-refractivity contribution in [3.8, 4) is 5.75 Å². The van der Waals surface area contributed by atoms with Gasteiger partial charge in [0.15, 0.2) is 5.60 Å². The zero-order valence-corrected chi connectivity index (χ0v) is 19.5. The summed E-state index contributed by atoms with van der Waals surface area (Å²) in [6.07, 6.45) is 1.64. The van der Waals surface area contributed by atoms with Crippen LogP contribution in [0.1, 0.15) is 30.4 Å². The predicted octanol–water partition coefficient (Wildman–Crippen LogP) is 3.29. The van der Waals surface area contributed by atoms with Gasteiger partial charge < -0.3 is 9.84 Å². The van der Waals surface area contributed by atoms with Gasteiger partial charge in [-0.1, -0.05) is 12.1 Å². The molecule has 3 aromatic rings. The lowest BCUT2D eigenvalue weighted by atomic mass is 9.30. The Morgan fingerprint density at radius 2 is 1.78 bits per heavy atom. The second kappa shape index (κ2) is 7.72. The molecule has 1 aromatic heterocycles. The predicted molar refractivity (Wildman–Crippen MR) is 119 cm³/mol. The van der Waals surface area contributed by atoms with Crippen LogP contribution in [0.2, 0.25) is 0 Å². The van der Waals surface area contributed by atoms with E-state index in [4.69, 9.17) is 4.74 Å². The molecule has 2 aromatic carbocycles. The van der Waals surface area contributed by atoms with Crippen molar-refractivity contribution in [1.29, 1.82) is 0 Å². The summed E-state index contributed by atoms with van der Waals surface area (Å²) >= 11 is 0. The van der Waals surface area contributed by atoms with Gasteiger partial charge in [0, 0.05) is 30.1 Å². The number of likely N-dealkylation sites (N-methyl/N-ethyl adjacent to an activating group) is 1. The molecule has 190 valence electrons. The Morgan fingerprint density at radius 1 is 1.08 bits per heavy atom. The molecule has 7 nitrogen and oxygen atoms in total. The number of aliphatic hydroxyl groups is 1. The Labute approximate surface area is 204 Å². The molecule has 1 atom stereocenters. The molecular weight excluding hydrogens is 478 g/mol. The molecule has 1 N–H and O–H groups in total. The number of hydrogen-bond acceptors (Lipinski definition) is 6. The molecule has 0 unspecified atom stereocenters. The van der Waals surface area contributed by atoms with Crippen molar-refractivity contribution in [2.24, 2.45) is 5.41 Å². The fourth-order valence-corrected chi connectivity index (χ4v) is 6.33. The minimum atomic E-state index is -3.74. The molecule has 4 aliphatic rings. The topological polar surface area (TPSA) is 76.3 Å². The monoisotopic (exact) mass is 503 g/mol. The van der Waals surface area contributed by atoms with Crippen LogP contribution in [-0.4, -0.2) is 62.4 Å². The number of likely N-dealkylation sites (tertiary alicyclic amines) is 1. The highest BCUT2D eigenvalue weighted by Crippen LogP contribution is 2.80. The summed E-state index contributed by atoms with van der Waals surface area (Å²) < 4.78 is 67.6. The zero-order valence-electron chi connectivity index (χ0n) is 19.5. The van der Waals surface area contributed by atoms with Crippen molar-refractivity contribution < 1.29 is 27.4 Å². The molecule has 1 saturated heterocycles. The lowest BCUT2D eigenvalue weighted by Gasteiger charge is -2.74. The van der Waals surface area contributed by atoms with Gasteiger partial charge >= 0.3 is 0 Å². The molecule has 0 radical (unpaired) electrons. The largest absolute Gasteiger partial charge is 0.488 e. The number of benzene rings is 2. The van der Waals surface area contributed by atoms with Gasteiger partial charge in [-0.2, -0.15) is 0 Å². The lowest BCUT2D eigenvalue weighted by molar-refractivity contribution is -0.347. The standard InChI is InChI=1S/C25H25F4N5O2/c1-33-9-19(10-33)36-18-5-2-16(3-6-18)22-11-23(12-22,13-22)25(28,29)24(35,14-34-15-30-31-32-34)20-7-4-17(26)8-21(20)27/h2-8,15,19,35H,9-14H2,1H3/t22?,23?,24-/m0/s1. The molecule has 1 aliphatic heterocycles. The fourth-order valence-electron chi connectivity index (χ4n) is 6.33. The van der Waals surface area contributed by atoms with Crippen LogP contribution in [0.15, 0.2) is 48.8 Å². The number of ether oxygens (including phenoxy) is 1. The molecule has 2 heterocycles. The third kappa shape index (κ3) is 3.28. The van der Waals surface area contributed by atoms with Gasteiger partial charge in [-0.15, -0.1) is 5.10 Å². The van der Waals surface area contributed by atoms with Crippen molar-refractivity contribution in [2.75, 3.05) is 20.1 Å². The van der Waals surface area contributed by atoms with Crippen molar-refractivity contribution in [3.05, 3.63) is 71.6 Å². The number of aromatic nitrogens is 4. The number of nitrogens with zero attached hydrogens (tertiary/aromatic N) is 5. The fraction of sp³-hybridized carbons (Fsp3) is 0.480. The molecule has 4 fully saturated rings. The van der Waals surface area contributed by atoms with E-state index in [1.165, 1.54) is 0 Å². The number of hydrogen-bond donors (Lipinski definition) is 1. The van der Waals surface area contributed by atoms with Gasteiger partial charge in [-0.3, -0.25) is 4.90 Å². The smallest absolute Gasteiger partial charge is 0.287 e. The number of tetrazole rings is 1. The molecule has 0 spiro atoms. The van der Waals surface area contributed by atoms with E-state index in [0.29, 0.717) is 6.07 Å². The van der Waals surface area contributed by atoms with Gasteiger partial charge in [0.2, 0.25) is 0 Å². The second-order valence-electron chi connectivity index (χ2n) is 10.6. The highest BCUT2D eigenvalue weighted by atomic mass is 19.3. The molecule has 0 amide bonds. The molecule has 11 heteroatoms. The normalized spacial score (nSPS) is 27.5. The highest BCUT2D eigenvalue weighted by Gasteiger charge is 2.82. The summed E-state index contributed by atoms with van der Waals surface area (Å²) in [5.74, 6) is -5.18. The van der Waals surface area contributed by atoms with Crippen LogP contribution in [0.3, 0.4) is 0 Å². The van der Waals surface area contributed by atoms with Crippen molar-refractivity contribution in [1.82, 2.24) is 25.1 Å². The first-order valence-corrected chi connectivity index (χ1v) is 11.8. The van der Waals surface area contributed by atoms with Crippen LogP contribution in [0.5, 0.6) is 5.75 Å². The average Bonchev–Trinajstić information content (AvgIpc) is 3.24. The van der Waals surface area contributed by atoms with Gasteiger partial charge in [0.05, 0.1) is 6.54 Å². The Hall–Kier alpha value is -3.05. The third-order valence-electron chi connectivity index (χ3n) is 8.17. The summed E-state index contributed by atoms with van der Waals surface area (Å²) in [7, 11) is 2.02. The van der Waals surface area contributed by atoms with Gasteiger partial charge in [-0.25, -0.2) is 22.2 Å². The maximum atomic E-state index is 16.3. The SMILES string of the molecule is CN1CC(Oc2ccc(C34CC(C(F)(F)[C@](O)(Cn5cnnn5)c5ccc(F)cc5F)(C3)C4)cc2)C1. The quantitative estimate of drug-likeness (QED) is 0.476. The molecule has 3 saturated carbocycles. The summed E-state index contributed by atoms with van der Waals surface area (Å²) in [5, 5.41) is 21.9. The van der Waals surface area contributed by atoms with E-state index >= 15 is 8.78 Å². The minimum Gasteiger partial charge on any atom is -0.488 e.